The van der Waals surface area contributed by atoms with E-state index in [1.807, 2.05) is 0 Å². The molecule has 6 atom stereocenters. The lowest BCUT2D eigenvalue weighted by atomic mass is 9.99. The first-order valence-corrected chi connectivity index (χ1v) is 10.2. The Hall–Kier alpha value is -2.24. The highest BCUT2D eigenvalue weighted by Crippen LogP contribution is 2.08. The Morgan fingerprint density at radius 2 is 1.47 bits per heavy atom. The van der Waals surface area contributed by atoms with Crippen LogP contribution >= 0.6 is 0 Å². The molecule has 0 saturated carbocycles. The van der Waals surface area contributed by atoms with E-state index in [0.29, 0.717) is 32.2 Å². The number of nitrogens with two attached hydrogens (primary N) is 2. The number of aliphatic hydroxyl groups excluding tert-OH is 1. The number of aliphatic hydroxyl groups is 1. The van der Waals surface area contributed by atoms with Crippen molar-refractivity contribution in [3.8, 4) is 0 Å². The molecule has 11 heteroatoms. The van der Waals surface area contributed by atoms with Crippen molar-refractivity contribution in [1.82, 2.24) is 16.0 Å². The first-order chi connectivity index (χ1) is 14.0. The van der Waals surface area contributed by atoms with E-state index in [0.717, 1.165) is 0 Å². The zero-order chi connectivity index (χ0) is 23.4. The van der Waals surface area contributed by atoms with E-state index >= 15 is 0 Å². The number of hydrogen-bond acceptors (Lipinski definition) is 7. The van der Waals surface area contributed by atoms with Crippen LogP contribution in [-0.4, -0.2) is 70.7 Å². The van der Waals surface area contributed by atoms with E-state index in [2.05, 4.69) is 16.0 Å². The van der Waals surface area contributed by atoms with Gasteiger partial charge in [0.2, 0.25) is 17.7 Å². The van der Waals surface area contributed by atoms with Crippen molar-refractivity contribution in [2.75, 3.05) is 6.54 Å². The summed E-state index contributed by atoms with van der Waals surface area (Å²) in [5.74, 6) is -3.56. The van der Waals surface area contributed by atoms with Gasteiger partial charge in [0.05, 0.1) is 12.1 Å². The molecule has 9 N–H and O–H groups in total. The third kappa shape index (κ3) is 9.51. The van der Waals surface area contributed by atoms with Gasteiger partial charge in [-0.25, -0.2) is 4.79 Å². The van der Waals surface area contributed by atoms with Crippen molar-refractivity contribution in [1.29, 1.82) is 0 Å². The lowest BCUT2D eigenvalue weighted by Crippen LogP contribution is -2.59. The predicted molar refractivity (Wildman–Crippen MR) is 111 cm³/mol. The summed E-state index contributed by atoms with van der Waals surface area (Å²) in [7, 11) is 0. The Balaban J connectivity index is 4.95. The SMILES string of the molecule is CCC(C)C(NC(=O)C(C)NC(=O)C(NC(=O)C(N)CCCCN)C(C)O)C(=O)O. The molecule has 0 aliphatic rings. The molecule has 0 aromatic heterocycles. The van der Waals surface area contributed by atoms with Crippen LogP contribution in [0.2, 0.25) is 0 Å². The first kappa shape index (κ1) is 27.8. The second-order valence-electron chi connectivity index (χ2n) is 7.56. The topological polar surface area (TPSA) is 197 Å². The molecule has 3 amide bonds. The molecule has 0 aromatic rings. The van der Waals surface area contributed by atoms with Crippen molar-refractivity contribution < 1.29 is 29.4 Å². The van der Waals surface area contributed by atoms with Crippen molar-refractivity contribution in [3.63, 3.8) is 0 Å². The van der Waals surface area contributed by atoms with Gasteiger partial charge in [-0.15, -0.1) is 0 Å². The number of carboxylic acid groups (broad SMARTS) is 1. The Morgan fingerprint density at radius 3 is 1.93 bits per heavy atom. The second kappa shape index (κ2) is 13.9. The molecule has 0 saturated heterocycles. The number of rotatable bonds is 14. The Morgan fingerprint density at radius 1 is 0.900 bits per heavy atom. The maximum atomic E-state index is 12.5. The van der Waals surface area contributed by atoms with Crippen LogP contribution in [0.15, 0.2) is 0 Å². The van der Waals surface area contributed by atoms with E-state index in [9.17, 15) is 29.4 Å². The van der Waals surface area contributed by atoms with Crippen molar-refractivity contribution in [2.45, 2.75) is 83.6 Å². The molecular formula is C19H37N5O6. The predicted octanol–water partition coefficient (Wildman–Crippen LogP) is -1.57. The largest absolute Gasteiger partial charge is 0.480 e. The molecule has 0 radical (unpaired) electrons. The summed E-state index contributed by atoms with van der Waals surface area (Å²) in [4.78, 5) is 48.4. The van der Waals surface area contributed by atoms with Crippen molar-refractivity contribution in [2.24, 2.45) is 17.4 Å². The van der Waals surface area contributed by atoms with Gasteiger partial charge >= 0.3 is 5.97 Å². The molecule has 174 valence electrons. The summed E-state index contributed by atoms with van der Waals surface area (Å²) in [6.07, 6.45) is 1.03. The van der Waals surface area contributed by atoms with Gasteiger partial charge in [0.25, 0.3) is 0 Å². The summed E-state index contributed by atoms with van der Waals surface area (Å²) >= 11 is 0. The summed E-state index contributed by atoms with van der Waals surface area (Å²) in [5.41, 5.74) is 11.2. The molecule has 11 nitrogen and oxygen atoms in total. The molecule has 0 fully saturated rings. The highest BCUT2D eigenvalue weighted by atomic mass is 16.4. The van der Waals surface area contributed by atoms with Crippen LogP contribution in [0, 0.1) is 5.92 Å². The summed E-state index contributed by atoms with van der Waals surface area (Å²) < 4.78 is 0. The number of unbranched alkanes of at least 4 members (excludes halogenated alkanes) is 1. The minimum atomic E-state index is -1.32. The van der Waals surface area contributed by atoms with Crippen LogP contribution < -0.4 is 27.4 Å². The molecule has 0 aliphatic heterocycles. The molecule has 0 rings (SSSR count). The zero-order valence-corrected chi connectivity index (χ0v) is 18.2. The highest BCUT2D eigenvalue weighted by molar-refractivity contribution is 5.94. The van der Waals surface area contributed by atoms with Crippen LogP contribution in [0.5, 0.6) is 0 Å². The summed E-state index contributed by atoms with van der Waals surface area (Å²) in [6.45, 7) is 6.67. The molecule has 0 aliphatic carbocycles. The van der Waals surface area contributed by atoms with Crippen molar-refractivity contribution in [3.05, 3.63) is 0 Å². The number of carbonyl (C=O) groups is 4. The van der Waals surface area contributed by atoms with Crippen molar-refractivity contribution >= 4 is 23.7 Å². The fourth-order valence-electron chi connectivity index (χ4n) is 2.64. The number of nitrogens with one attached hydrogen (secondary N) is 3. The highest BCUT2D eigenvalue weighted by Gasteiger charge is 2.31. The van der Waals surface area contributed by atoms with Gasteiger partial charge in [-0.3, -0.25) is 14.4 Å². The standard InChI is InChI=1S/C19H37N5O6/c1-5-10(2)14(19(29)30)23-16(26)11(3)22-18(28)15(12(4)25)24-17(27)13(21)8-6-7-9-20/h10-15,25H,5-9,20-21H2,1-4H3,(H,22,28)(H,23,26)(H,24,27)(H,29,30). The molecule has 0 aromatic carbocycles. The van der Waals surface area contributed by atoms with Crippen LogP contribution in [0.1, 0.15) is 53.4 Å². The second-order valence-corrected chi connectivity index (χ2v) is 7.56. The molecule has 0 heterocycles. The smallest absolute Gasteiger partial charge is 0.326 e. The minimum Gasteiger partial charge on any atom is -0.480 e. The van der Waals surface area contributed by atoms with E-state index in [4.69, 9.17) is 11.5 Å². The van der Waals surface area contributed by atoms with Crippen LogP contribution in [0.3, 0.4) is 0 Å². The van der Waals surface area contributed by atoms with E-state index in [-0.39, 0.29) is 5.92 Å². The summed E-state index contributed by atoms with van der Waals surface area (Å²) in [6, 6.07) is -4.36. The number of carbonyl (C=O) groups excluding carboxylic acids is 3. The lowest BCUT2D eigenvalue weighted by molar-refractivity contribution is -0.143. The van der Waals surface area contributed by atoms with Gasteiger partial charge < -0.3 is 37.6 Å². The lowest BCUT2D eigenvalue weighted by Gasteiger charge is -2.26. The van der Waals surface area contributed by atoms with Crippen LogP contribution in [0.25, 0.3) is 0 Å². The third-order valence-electron chi connectivity index (χ3n) is 4.90. The average Bonchev–Trinajstić information content (AvgIpc) is 2.68. The zero-order valence-electron chi connectivity index (χ0n) is 18.2. The van der Waals surface area contributed by atoms with Gasteiger partial charge in [-0.1, -0.05) is 26.7 Å². The number of carboxylic acids is 1. The average molecular weight is 432 g/mol. The maximum Gasteiger partial charge on any atom is 0.326 e. The number of amides is 3. The molecule has 30 heavy (non-hydrogen) atoms. The maximum absolute atomic E-state index is 12.5. The Kier molecular flexibility index (Phi) is 12.8. The van der Waals surface area contributed by atoms with Gasteiger partial charge in [0, 0.05) is 0 Å². The molecule has 6 unspecified atom stereocenters. The van der Waals surface area contributed by atoms with Crippen LogP contribution in [-0.2, 0) is 19.2 Å². The quantitative estimate of drug-likeness (QED) is 0.160. The van der Waals surface area contributed by atoms with Gasteiger partial charge in [0.15, 0.2) is 0 Å². The fraction of sp³-hybridized carbons (Fsp3) is 0.789. The van der Waals surface area contributed by atoms with E-state index in [1.54, 1.807) is 13.8 Å². The fourth-order valence-corrected chi connectivity index (χ4v) is 2.64. The number of aliphatic carboxylic acids is 1. The van der Waals surface area contributed by atoms with Gasteiger partial charge in [0.1, 0.15) is 18.1 Å². The monoisotopic (exact) mass is 431 g/mol. The summed E-state index contributed by atoms with van der Waals surface area (Å²) in [5, 5.41) is 26.3. The Bertz CT molecular complexity index is 586. The number of hydrogen-bond donors (Lipinski definition) is 7. The molecular weight excluding hydrogens is 394 g/mol. The Labute approximate surface area is 177 Å². The normalized spacial score (nSPS) is 17.0. The van der Waals surface area contributed by atoms with Crippen LogP contribution in [0.4, 0.5) is 0 Å². The van der Waals surface area contributed by atoms with E-state index < -0.39 is 54.0 Å². The molecule has 0 spiro atoms. The first-order valence-electron chi connectivity index (χ1n) is 10.2. The molecule has 0 bridgehead atoms. The third-order valence-corrected chi connectivity index (χ3v) is 4.90. The van der Waals surface area contributed by atoms with Gasteiger partial charge in [-0.2, -0.15) is 0 Å². The van der Waals surface area contributed by atoms with Gasteiger partial charge in [-0.05, 0) is 39.2 Å². The van der Waals surface area contributed by atoms with E-state index in [1.165, 1.54) is 13.8 Å². The minimum absolute atomic E-state index is 0.306.